The van der Waals surface area contributed by atoms with Crippen LogP contribution in [0.15, 0.2) is 12.1 Å². The average Bonchev–Trinajstić information content (AvgIpc) is 2.47. The Kier molecular flexibility index (Phi) is 2.11. The summed E-state index contributed by atoms with van der Waals surface area (Å²) in [7, 11) is -4.03. The highest BCUT2D eigenvalue weighted by Crippen LogP contribution is 2.47. The number of anilines is 1. The Bertz CT molecular complexity index is 496. The minimum absolute atomic E-state index is 0.0110. The first-order chi connectivity index (χ1) is 7.03. The first-order valence-electron chi connectivity index (χ1n) is 4.22. The normalized spacial score (nSPS) is 16.3. The van der Waals surface area contributed by atoms with Crippen LogP contribution in [0.25, 0.3) is 0 Å². The van der Waals surface area contributed by atoms with Gasteiger partial charge in [-0.05, 0) is 19.1 Å². The van der Waals surface area contributed by atoms with Gasteiger partial charge < -0.3 is 18.8 Å². The molecule has 1 aliphatic heterocycles. The summed E-state index contributed by atoms with van der Waals surface area (Å²) in [4.78, 5) is 0. The highest BCUT2D eigenvalue weighted by Gasteiger charge is 2.33. The summed E-state index contributed by atoms with van der Waals surface area (Å²) in [5, 5.41) is 0. The lowest BCUT2D eigenvalue weighted by atomic mass is 10.2. The summed E-state index contributed by atoms with van der Waals surface area (Å²) in [5.74, 6) is 0.292. The van der Waals surface area contributed by atoms with Crippen LogP contribution in [-0.4, -0.2) is 15.0 Å². The first kappa shape index (κ1) is 9.91. The maximum absolute atomic E-state index is 11.0. The van der Waals surface area contributed by atoms with Crippen LogP contribution in [0.4, 0.5) is 5.69 Å². The number of rotatable bonds is 2. The molecule has 0 radical (unpaired) electrons. The van der Waals surface area contributed by atoms with Gasteiger partial charge in [0.25, 0.3) is 0 Å². The number of fused-ring (bicyclic) bond motifs is 1. The fraction of sp³-hybridized carbons (Fsp3) is 0.250. The molecule has 0 spiro atoms. The Morgan fingerprint density at radius 2 is 2.00 bits per heavy atom. The molecule has 0 aromatic heterocycles. The molecule has 2 rings (SSSR count). The molecule has 6 nitrogen and oxygen atoms in total. The lowest BCUT2D eigenvalue weighted by Gasteiger charge is -2.05. The maximum atomic E-state index is 11.0. The van der Waals surface area contributed by atoms with Crippen molar-refractivity contribution in [1.82, 2.24) is 0 Å². The Morgan fingerprint density at radius 3 is 2.67 bits per heavy atom. The zero-order chi connectivity index (χ0) is 11.1. The summed E-state index contributed by atoms with van der Waals surface area (Å²) >= 11 is 0. The number of benzene rings is 1. The van der Waals surface area contributed by atoms with Gasteiger partial charge in [-0.3, -0.25) is 0 Å². The van der Waals surface area contributed by atoms with E-state index in [2.05, 4.69) is 8.37 Å². The second kappa shape index (κ2) is 3.20. The summed E-state index contributed by atoms with van der Waals surface area (Å²) in [6, 6.07) is 3.02. The van der Waals surface area contributed by atoms with Gasteiger partial charge in [-0.2, -0.15) is 0 Å². The maximum Gasteiger partial charge on any atom is 0.501 e. The summed E-state index contributed by atoms with van der Waals surface area (Å²) in [6.45, 7) is 2.16. The van der Waals surface area contributed by atoms with E-state index in [0.717, 1.165) is 0 Å². The molecule has 0 saturated heterocycles. The molecular formula is C8H9NO5S. The van der Waals surface area contributed by atoms with Crippen LogP contribution in [-0.2, 0) is 10.4 Å². The predicted molar refractivity (Wildman–Crippen MR) is 52.2 cm³/mol. The Labute approximate surface area is 86.9 Å². The monoisotopic (exact) mass is 231 g/mol. The van der Waals surface area contributed by atoms with Gasteiger partial charge in [-0.25, -0.2) is 0 Å². The molecule has 0 bridgehead atoms. The van der Waals surface area contributed by atoms with Crippen LogP contribution in [0.3, 0.4) is 0 Å². The molecule has 82 valence electrons. The molecule has 0 unspecified atom stereocenters. The van der Waals surface area contributed by atoms with E-state index in [4.69, 9.17) is 10.5 Å². The van der Waals surface area contributed by atoms with Crippen molar-refractivity contribution >= 4 is 16.1 Å². The molecule has 1 aromatic rings. The molecule has 0 aliphatic carbocycles. The molecule has 7 heteroatoms. The van der Waals surface area contributed by atoms with Crippen LogP contribution in [0, 0.1) is 0 Å². The molecule has 0 saturated carbocycles. The van der Waals surface area contributed by atoms with Crippen molar-refractivity contribution in [2.45, 2.75) is 6.92 Å². The van der Waals surface area contributed by atoms with Gasteiger partial charge in [0.15, 0.2) is 5.75 Å². The number of ether oxygens (including phenoxy) is 1. The zero-order valence-corrected chi connectivity index (χ0v) is 8.71. The van der Waals surface area contributed by atoms with Crippen LogP contribution >= 0.6 is 0 Å². The van der Waals surface area contributed by atoms with Crippen LogP contribution in [0.1, 0.15) is 6.92 Å². The Hall–Kier alpha value is -1.63. The number of nitrogens with two attached hydrogens (primary N) is 1. The minimum atomic E-state index is -4.03. The SMILES string of the molecule is CCOc1ccc(N)c2c1OS(=O)(=O)O2. The van der Waals surface area contributed by atoms with Gasteiger partial charge >= 0.3 is 10.4 Å². The van der Waals surface area contributed by atoms with Crippen molar-refractivity contribution in [2.75, 3.05) is 12.3 Å². The highest BCUT2D eigenvalue weighted by molar-refractivity contribution is 7.82. The Balaban J connectivity index is 2.54. The van der Waals surface area contributed by atoms with Gasteiger partial charge in [0.05, 0.1) is 12.3 Å². The van der Waals surface area contributed by atoms with Crippen molar-refractivity contribution in [3.05, 3.63) is 12.1 Å². The summed E-state index contributed by atoms with van der Waals surface area (Å²) in [5.41, 5.74) is 5.72. The predicted octanol–water partition coefficient (Wildman–Crippen LogP) is 0.684. The standard InChI is InChI=1S/C8H9NO5S/c1-2-12-6-4-3-5(9)7-8(6)14-15(10,11)13-7/h3-4H,2,9H2,1H3. The molecule has 1 heterocycles. The minimum Gasteiger partial charge on any atom is -0.490 e. The zero-order valence-electron chi connectivity index (χ0n) is 7.89. The van der Waals surface area contributed by atoms with Crippen molar-refractivity contribution in [1.29, 1.82) is 0 Å². The molecule has 2 N–H and O–H groups in total. The van der Waals surface area contributed by atoms with Gasteiger partial charge in [0.2, 0.25) is 11.5 Å². The van der Waals surface area contributed by atoms with Crippen molar-refractivity contribution in [3.8, 4) is 17.2 Å². The van der Waals surface area contributed by atoms with Crippen molar-refractivity contribution < 1.29 is 21.5 Å². The quantitative estimate of drug-likeness (QED) is 0.753. The van der Waals surface area contributed by atoms with Crippen LogP contribution in [0.2, 0.25) is 0 Å². The largest absolute Gasteiger partial charge is 0.501 e. The molecule has 0 atom stereocenters. The lowest BCUT2D eigenvalue weighted by molar-refractivity contribution is 0.329. The van der Waals surface area contributed by atoms with E-state index < -0.39 is 10.4 Å². The van der Waals surface area contributed by atoms with Crippen LogP contribution in [0.5, 0.6) is 17.2 Å². The van der Waals surface area contributed by atoms with Crippen molar-refractivity contribution in [3.63, 3.8) is 0 Å². The summed E-state index contributed by atoms with van der Waals surface area (Å²) < 4.78 is 36.4. The first-order valence-corrected chi connectivity index (χ1v) is 5.56. The number of nitrogen functional groups attached to an aromatic ring is 1. The summed E-state index contributed by atoms with van der Waals surface area (Å²) in [6.07, 6.45) is 0. The van der Waals surface area contributed by atoms with E-state index in [1.807, 2.05) is 0 Å². The lowest BCUT2D eigenvalue weighted by Crippen LogP contribution is -2.08. The van der Waals surface area contributed by atoms with Gasteiger partial charge in [-0.15, -0.1) is 8.42 Å². The fourth-order valence-electron chi connectivity index (χ4n) is 1.21. The second-order valence-corrected chi connectivity index (χ2v) is 3.97. The van der Waals surface area contributed by atoms with E-state index in [0.29, 0.717) is 12.4 Å². The van der Waals surface area contributed by atoms with E-state index in [1.165, 1.54) is 12.1 Å². The fourth-order valence-corrected chi connectivity index (χ4v) is 1.99. The van der Waals surface area contributed by atoms with E-state index >= 15 is 0 Å². The van der Waals surface area contributed by atoms with Gasteiger partial charge in [0.1, 0.15) is 0 Å². The topological polar surface area (TPSA) is 87.9 Å². The molecular weight excluding hydrogens is 222 g/mol. The third-order valence-corrected chi connectivity index (χ3v) is 2.52. The van der Waals surface area contributed by atoms with E-state index in [1.54, 1.807) is 6.92 Å². The Morgan fingerprint density at radius 1 is 1.33 bits per heavy atom. The van der Waals surface area contributed by atoms with Crippen LogP contribution < -0.4 is 18.8 Å². The molecule has 0 fully saturated rings. The molecule has 1 aliphatic rings. The number of hydrogen-bond donors (Lipinski definition) is 1. The van der Waals surface area contributed by atoms with E-state index in [-0.39, 0.29) is 17.2 Å². The third kappa shape index (κ3) is 1.65. The van der Waals surface area contributed by atoms with Gasteiger partial charge in [-0.1, -0.05) is 0 Å². The second-order valence-electron chi connectivity index (χ2n) is 2.82. The molecule has 0 amide bonds. The highest BCUT2D eigenvalue weighted by atomic mass is 32.3. The smallest absolute Gasteiger partial charge is 0.490 e. The van der Waals surface area contributed by atoms with Crippen molar-refractivity contribution in [2.24, 2.45) is 0 Å². The van der Waals surface area contributed by atoms with Gasteiger partial charge in [0, 0.05) is 0 Å². The number of hydrogen-bond acceptors (Lipinski definition) is 6. The molecule has 1 aromatic carbocycles. The molecule has 15 heavy (non-hydrogen) atoms. The van der Waals surface area contributed by atoms with E-state index in [9.17, 15) is 8.42 Å². The third-order valence-electron chi connectivity index (χ3n) is 1.78. The average molecular weight is 231 g/mol.